The van der Waals surface area contributed by atoms with Crippen molar-refractivity contribution >= 4 is 13.3 Å². The van der Waals surface area contributed by atoms with Crippen molar-refractivity contribution in [1.29, 1.82) is 0 Å². The summed E-state index contributed by atoms with van der Waals surface area (Å²) in [5.41, 5.74) is 4.24. The van der Waals surface area contributed by atoms with Gasteiger partial charge in [0.05, 0.1) is 0 Å². The van der Waals surface area contributed by atoms with Gasteiger partial charge in [-0.25, -0.2) is 9.24 Å². The van der Waals surface area contributed by atoms with E-state index < -0.39 is 7.75 Å². The lowest BCUT2D eigenvalue weighted by molar-refractivity contribution is 0.294. The van der Waals surface area contributed by atoms with Crippen LogP contribution in [0.15, 0.2) is 54.6 Å². The molecule has 126 valence electrons. The van der Waals surface area contributed by atoms with Crippen molar-refractivity contribution in [2.45, 2.75) is 13.0 Å². The highest BCUT2D eigenvalue weighted by atomic mass is 31.2. The minimum absolute atomic E-state index is 0.277. The number of ether oxygens (including phenoxy) is 1. The summed E-state index contributed by atoms with van der Waals surface area (Å²) in [5.74, 6) is 0.822. The summed E-state index contributed by atoms with van der Waals surface area (Å²) in [7, 11) is -2.76. The molecule has 0 unspecified atom stereocenters. The molecule has 0 aliphatic carbocycles. The normalized spacial score (nSPS) is 15.6. The summed E-state index contributed by atoms with van der Waals surface area (Å²) in [6.07, 6.45) is 2.55. The number of para-hydroxylation sites is 1. The largest absolute Gasteiger partial charge is 0.488 e. The minimum atomic E-state index is -4.19. The monoisotopic (exact) mass is 345 g/mol. The Labute approximate surface area is 141 Å². The molecule has 3 rings (SSSR count). The highest BCUT2D eigenvalue weighted by molar-refractivity contribution is 7.49. The van der Waals surface area contributed by atoms with E-state index in [-0.39, 0.29) is 6.54 Å². The molecule has 1 aliphatic rings. The van der Waals surface area contributed by atoms with E-state index in [1.165, 1.54) is 7.05 Å². The molecule has 0 fully saturated rings. The van der Waals surface area contributed by atoms with Crippen LogP contribution in [0.3, 0.4) is 0 Å². The molecular formula is C18H20NO4P. The minimum Gasteiger partial charge on any atom is -0.488 e. The molecule has 0 saturated carbocycles. The average molecular weight is 345 g/mol. The second-order valence-electron chi connectivity index (χ2n) is 5.74. The predicted octanol–water partition coefficient (Wildman–Crippen LogP) is 3.43. The third-order valence-corrected chi connectivity index (χ3v) is 5.20. The molecule has 0 atom stereocenters. The van der Waals surface area contributed by atoms with Crippen molar-refractivity contribution in [3.63, 3.8) is 0 Å². The van der Waals surface area contributed by atoms with Gasteiger partial charge in [-0.05, 0) is 36.2 Å². The van der Waals surface area contributed by atoms with E-state index in [0.717, 1.165) is 32.7 Å². The zero-order chi connectivity index (χ0) is 17.2. The first-order valence-corrected chi connectivity index (χ1v) is 9.31. The molecule has 0 spiro atoms. The van der Waals surface area contributed by atoms with Gasteiger partial charge in [-0.1, -0.05) is 48.5 Å². The molecule has 24 heavy (non-hydrogen) atoms. The SMILES string of the molecule is CN(CCC=C1c2ccccc2COc2ccccc21)P(=O)(O)O. The van der Waals surface area contributed by atoms with E-state index in [1.54, 1.807) is 0 Å². The summed E-state index contributed by atoms with van der Waals surface area (Å²) in [6.45, 7) is 0.784. The maximum atomic E-state index is 11.2. The van der Waals surface area contributed by atoms with Crippen LogP contribution in [0, 0.1) is 0 Å². The highest BCUT2D eigenvalue weighted by Crippen LogP contribution is 2.39. The first-order chi connectivity index (χ1) is 11.5. The summed E-state index contributed by atoms with van der Waals surface area (Å²) in [6, 6.07) is 15.9. The van der Waals surface area contributed by atoms with Gasteiger partial charge in [-0.15, -0.1) is 0 Å². The van der Waals surface area contributed by atoms with Crippen LogP contribution in [0.5, 0.6) is 5.75 Å². The van der Waals surface area contributed by atoms with E-state index in [9.17, 15) is 14.4 Å². The molecule has 0 amide bonds. The number of benzene rings is 2. The molecule has 0 aromatic heterocycles. The molecule has 6 heteroatoms. The van der Waals surface area contributed by atoms with Gasteiger partial charge >= 0.3 is 7.75 Å². The Bertz CT molecular complexity index is 763. The summed E-state index contributed by atoms with van der Waals surface area (Å²) in [4.78, 5) is 18.4. The van der Waals surface area contributed by atoms with Gasteiger partial charge in [0.25, 0.3) is 0 Å². The fraction of sp³-hybridized carbons (Fsp3) is 0.222. The van der Waals surface area contributed by atoms with Gasteiger partial charge in [0.15, 0.2) is 0 Å². The van der Waals surface area contributed by atoms with Crippen LogP contribution in [-0.4, -0.2) is 28.0 Å². The standard InChI is InChI=1S/C18H20NO4P/c1-19(24(20,21)22)12-6-10-16-15-8-3-2-7-14(15)13-23-18-11-5-4-9-17(16)18/h2-5,7-11H,6,12-13H2,1H3,(H2,20,21,22). The zero-order valence-electron chi connectivity index (χ0n) is 13.4. The first kappa shape index (κ1) is 16.9. The smallest absolute Gasteiger partial charge is 0.402 e. The fourth-order valence-electron chi connectivity index (χ4n) is 2.77. The van der Waals surface area contributed by atoms with E-state index in [0.29, 0.717) is 13.0 Å². The second-order valence-corrected chi connectivity index (χ2v) is 7.45. The van der Waals surface area contributed by atoms with E-state index in [2.05, 4.69) is 6.07 Å². The Morgan fingerprint density at radius 1 is 1.12 bits per heavy atom. The molecule has 1 aliphatic heterocycles. The van der Waals surface area contributed by atoms with Crippen LogP contribution in [0.4, 0.5) is 0 Å². The molecule has 5 nitrogen and oxygen atoms in total. The van der Waals surface area contributed by atoms with Crippen LogP contribution < -0.4 is 4.74 Å². The van der Waals surface area contributed by atoms with Gasteiger partial charge in [-0.3, -0.25) is 0 Å². The summed E-state index contributed by atoms with van der Waals surface area (Å²) in [5, 5.41) is 0. The van der Waals surface area contributed by atoms with Gasteiger partial charge in [0.1, 0.15) is 12.4 Å². The molecule has 0 radical (unpaired) electrons. The summed E-state index contributed by atoms with van der Waals surface area (Å²) < 4.78 is 18.2. The fourth-order valence-corrected chi connectivity index (χ4v) is 3.15. The lowest BCUT2D eigenvalue weighted by Crippen LogP contribution is -2.15. The van der Waals surface area contributed by atoms with Crippen molar-refractivity contribution in [3.8, 4) is 5.75 Å². The Balaban J connectivity index is 1.96. The second kappa shape index (κ2) is 6.91. The third-order valence-electron chi connectivity index (χ3n) is 4.11. The number of hydrogen-bond donors (Lipinski definition) is 2. The van der Waals surface area contributed by atoms with Gasteiger partial charge in [0, 0.05) is 12.1 Å². The average Bonchev–Trinajstić information content (AvgIpc) is 2.72. The van der Waals surface area contributed by atoms with Crippen LogP contribution >= 0.6 is 7.75 Å². The Morgan fingerprint density at radius 2 is 1.79 bits per heavy atom. The Hall–Kier alpha value is -1.91. The van der Waals surface area contributed by atoms with Crippen molar-refractivity contribution < 1.29 is 19.1 Å². The van der Waals surface area contributed by atoms with E-state index >= 15 is 0 Å². The number of rotatable bonds is 4. The van der Waals surface area contributed by atoms with Crippen LogP contribution in [0.2, 0.25) is 0 Å². The maximum Gasteiger partial charge on any atom is 0.402 e. The van der Waals surface area contributed by atoms with Crippen molar-refractivity contribution in [2.75, 3.05) is 13.6 Å². The quantitative estimate of drug-likeness (QED) is 0.831. The molecular weight excluding hydrogens is 325 g/mol. The molecule has 1 heterocycles. The van der Waals surface area contributed by atoms with Crippen molar-refractivity contribution in [1.82, 2.24) is 4.67 Å². The van der Waals surface area contributed by atoms with Gasteiger partial charge < -0.3 is 14.5 Å². The highest BCUT2D eigenvalue weighted by Gasteiger charge is 2.21. The van der Waals surface area contributed by atoms with Crippen LogP contribution in [0.25, 0.3) is 5.57 Å². The predicted molar refractivity (Wildman–Crippen MR) is 93.6 cm³/mol. The lowest BCUT2D eigenvalue weighted by atomic mass is 9.93. The lowest BCUT2D eigenvalue weighted by Gasteiger charge is -2.17. The van der Waals surface area contributed by atoms with Crippen molar-refractivity contribution in [2.24, 2.45) is 0 Å². The van der Waals surface area contributed by atoms with Gasteiger partial charge in [-0.2, -0.15) is 0 Å². The van der Waals surface area contributed by atoms with E-state index in [4.69, 9.17) is 4.74 Å². The van der Waals surface area contributed by atoms with Crippen LogP contribution in [-0.2, 0) is 11.2 Å². The number of hydrogen-bond acceptors (Lipinski definition) is 2. The third kappa shape index (κ3) is 3.60. The van der Waals surface area contributed by atoms with Gasteiger partial charge in [0.2, 0.25) is 0 Å². The number of nitrogens with zero attached hydrogens (tertiary/aromatic N) is 1. The molecule has 2 aromatic carbocycles. The van der Waals surface area contributed by atoms with E-state index in [1.807, 2.05) is 48.5 Å². The number of fused-ring (bicyclic) bond motifs is 2. The van der Waals surface area contributed by atoms with Crippen molar-refractivity contribution in [3.05, 3.63) is 71.3 Å². The zero-order valence-corrected chi connectivity index (χ0v) is 14.3. The summed E-state index contributed by atoms with van der Waals surface area (Å²) >= 11 is 0. The maximum absolute atomic E-state index is 11.2. The first-order valence-electron chi connectivity index (χ1n) is 7.74. The molecule has 2 aromatic rings. The Kier molecular flexibility index (Phi) is 4.88. The Morgan fingerprint density at radius 3 is 2.54 bits per heavy atom. The topological polar surface area (TPSA) is 70.0 Å². The molecule has 2 N–H and O–H groups in total. The van der Waals surface area contributed by atoms with Crippen LogP contribution in [0.1, 0.15) is 23.1 Å². The molecule has 0 saturated heterocycles. The molecule has 0 bridgehead atoms.